The highest BCUT2D eigenvalue weighted by Crippen LogP contribution is 2.18. The minimum Gasteiger partial charge on any atom is -0.463 e. The van der Waals surface area contributed by atoms with E-state index in [1.165, 1.54) is 77.0 Å². The number of hydrogen-bond acceptors (Lipinski definition) is 12. The van der Waals surface area contributed by atoms with E-state index in [1.807, 2.05) is 26.1 Å². The van der Waals surface area contributed by atoms with Crippen molar-refractivity contribution in [3.8, 4) is 0 Å². The summed E-state index contributed by atoms with van der Waals surface area (Å²) in [5.74, 6) is -1.65. The summed E-state index contributed by atoms with van der Waals surface area (Å²) >= 11 is 0. The average Bonchev–Trinajstić information content (AvgIpc) is 3.38. The molecule has 0 spiro atoms. The minimum absolute atomic E-state index is 0.0189. The van der Waals surface area contributed by atoms with Gasteiger partial charge in [0.2, 0.25) is 5.91 Å². The maximum atomic E-state index is 13.9. The fourth-order valence-corrected chi connectivity index (χ4v) is 8.93. The van der Waals surface area contributed by atoms with Gasteiger partial charge in [-0.25, -0.2) is 0 Å². The van der Waals surface area contributed by atoms with Crippen molar-refractivity contribution in [2.24, 2.45) is 0 Å². The number of aldehydes is 1. The highest BCUT2D eigenvalue weighted by Gasteiger charge is 2.28. The number of nitrogens with zero attached hydrogens (tertiary/aromatic N) is 2. The summed E-state index contributed by atoms with van der Waals surface area (Å²) in [6.45, 7) is 13.7. The molecule has 13 nitrogen and oxygen atoms in total. The Morgan fingerprint density at radius 1 is 0.419 bits per heavy atom. The van der Waals surface area contributed by atoms with Crippen molar-refractivity contribution < 1.29 is 52.5 Å². The van der Waals surface area contributed by atoms with Crippen molar-refractivity contribution in [3.63, 3.8) is 0 Å². The van der Waals surface area contributed by atoms with Crippen molar-refractivity contribution in [2.75, 3.05) is 47.5 Å². The number of esters is 4. The van der Waals surface area contributed by atoms with E-state index in [-0.39, 0.29) is 63.0 Å². The highest BCUT2D eigenvalue weighted by molar-refractivity contribution is 5.82. The van der Waals surface area contributed by atoms with Crippen LogP contribution in [0.4, 0.5) is 0 Å². The van der Waals surface area contributed by atoms with Crippen LogP contribution in [0.2, 0.25) is 0 Å². The Kier molecular flexibility index (Phi) is 54.0. The Morgan fingerprint density at radius 2 is 0.838 bits per heavy atom. The van der Waals surface area contributed by atoms with Crippen molar-refractivity contribution in [3.05, 3.63) is 0 Å². The third-order valence-corrected chi connectivity index (χ3v) is 13.7. The van der Waals surface area contributed by atoms with Crippen LogP contribution in [-0.4, -0.2) is 118 Å². The summed E-state index contributed by atoms with van der Waals surface area (Å²) in [5, 5.41) is 0. The average molecular weight is 1050 g/mol. The number of ether oxygens (including phenoxy) is 5. The molecule has 0 aromatic heterocycles. The number of carbonyl (C=O) groups is 6. The van der Waals surface area contributed by atoms with Crippen LogP contribution in [0.15, 0.2) is 0 Å². The van der Waals surface area contributed by atoms with Crippen molar-refractivity contribution in [1.29, 1.82) is 0 Å². The first-order valence-corrected chi connectivity index (χ1v) is 30.5. The summed E-state index contributed by atoms with van der Waals surface area (Å²) in [4.78, 5) is 79.3. The molecule has 0 saturated heterocycles. The van der Waals surface area contributed by atoms with Crippen LogP contribution in [0.3, 0.4) is 0 Å². The molecule has 0 fully saturated rings. The molecule has 436 valence electrons. The first kappa shape index (κ1) is 73.0. The van der Waals surface area contributed by atoms with Crippen LogP contribution >= 0.6 is 0 Å². The molecule has 0 rings (SSSR count). The quantitative estimate of drug-likeness (QED) is 0.0246. The van der Waals surface area contributed by atoms with Crippen LogP contribution in [-0.2, 0) is 52.5 Å². The fraction of sp³-hybridized carbons (Fsp3) is 0.902. The van der Waals surface area contributed by atoms with Gasteiger partial charge in [0.25, 0.3) is 0 Å². The van der Waals surface area contributed by atoms with E-state index in [4.69, 9.17) is 23.7 Å². The molecular weight excluding hydrogens is 937 g/mol. The molecule has 0 N–H and O–H groups in total. The second-order valence-electron chi connectivity index (χ2n) is 20.9. The van der Waals surface area contributed by atoms with Crippen LogP contribution < -0.4 is 0 Å². The lowest BCUT2D eigenvalue weighted by Gasteiger charge is -2.32. The lowest BCUT2D eigenvalue weighted by molar-refractivity contribution is -0.155. The number of amides is 1. The molecule has 0 aliphatic carbocycles. The third-order valence-electron chi connectivity index (χ3n) is 13.7. The zero-order valence-corrected chi connectivity index (χ0v) is 49.5. The maximum Gasteiger partial charge on any atom is 0.306 e. The first-order valence-electron chi connectivity index (χ1n) is 30.5. The van der Waals surface area contributed by atoms with Gasteiger partial charge in [-0.15, -0.1) is 0 Å². The SMILES string of the molecule is CCCCCCCCC(CC)OC.CCCCCCCCC(CC)OC(=O)CCCCCCC(=O)OCC(COC(=O)CCCCCCC=O)N(CCCN(C)C)C(=O)CCC(=O)OC(CCC)CCCCCC. The van der Waals surface area contributed by atoms with Gasteiger partial charge in [0, 0.05) is 45.8 Å². The van der Waals surface area contributed by atoms with Gasteiger partial charge in [-0.05, 0) is 104 Å². The van der Waals surface area contributed by atoms with Crippen molar-refractivity contribution >= 4 is 36.1 Å². The van der Waals surface area contributed by atoms with E-state index in [2.05, 4.69) is 41.5 Å². The van der Waals surface area contributed by atoms with Crippen LogP contribution in [0, 0.1) is 0 Å². The largest absolute Gasteiger partial charge is 0.463 e. The van der Waals surface area contributed by atoms with Gasteiger partial charge in [0.15, 0.2) is 0 Å². The molecular formula is C61H116N2O11. The summed E-state index contributed by atoms with van der Waals surface area (Å²) < 4.78 is 28.3. The molecule has 0 saturated carbocycles. The monoisotopic (exact) mass is 1050 g/mol. The lowest BCUT2D eigenvalue weighted by Crippen LogP contribution is -2.47. The smallest absolute Gasteiger partial charge is 0.306 e. The predicted molar refractivity (Wildman–Crippen MR) is 302 cm³/mol. The number of methoxy groups -OCH3 is 1. The second-order valence-corrected chi connectivity index (χ2v) is 20.9. The molecule has 0 aromatic carbocycles. The zero-order valence-electron chi connectivity index (χ0n) is 49.5. The van der Waals surface area contributed by atoms with E-state index >= 15 is 0 Å². The molecule has 0 bridgehead atoms. The number of unbranched alkanes of at least 4 members (excludes halogenated alkanes) is 20. The molecule has 0 aromatic rings. The van der Waals surface area contributed by atoms with Gasteiger partial charge in [-0.3, -0.25) is 24.0 Å². The summed E-state index contributed by atoms with van der Waals surface area (Å²) in [6, 6.07) is -0.725. The van der Waals surface area contributed by atoms with Gasteiger partial charge in [0.1, 0.15) is 31.7 Å². The van der Waals surface area contributed by atoms with E-state index in [9.17, 15) is 28.8 Å². The normalized spacial score (nSPS) is 12.8. The van der Waals surface area contributed by atoms with Crippen LogP contribution in [0.25, 0.3) is 0 Å². The fourth-order valence-electron chi connectivity index (χ4n) is 8.93. The number of carbonyl (C=O) groups excluding carboxylic acids is 6. The summed E-state index contributed by atoms with van der Waals surface area (Å²) in [6.07, 6.45) is 35.5. The molecule has 0 heterocycles. The van der Waals surface area contributed by atoms with Gasteiger partial charge in [0.05, 0.1) is 18.6 Å². The predicted octanol–water partition coefficient (Wildman–Crippen LogP) is 14.8. The topological polar surface area (TPSA) is 155 Å². The summed E-state index contributed by atoms with van der Waals surface area (Å²) in [5.41, 5.74) is 0. The Morgan fingerprint density at radius 3 is 1.31 bits per heavy atom. The Hall–Kier alpha value is -3.06. The first-order chi connectivity index (χ1) is 35.8. The van der Waals surface area contributed by atoms with Crippen LogP contribution in [0.1, 0.15) is 286 Å². The molecule has 1 amide bonds. The number of rotatable bonds is 52. The van der Waals surface area contributed by atoms with Crippen LogP contribution in [0.5, 0.6) is 0 Å². The Bertz CT molecular complexity index is 1330. The standard InChI is InChI=1S/C49H90N2O10.C12H26O/c1-7-11-13-15-17-23-30-43(10-4)60-48(56)34-26-20-19-25-33-47(55)59-41-42(40-58-46(54)32-24-18-16-21-27-39-52)51(38-28-37-50(5)6)45(53)35-36-49(57)61-44(29-9-3)31-22-14-12-8-2;1-4-6-7-8-9-10-11-12(5-2)13-3/h39,42-44H,7-38,40-41H2,1-6H3;12H,4-11H2,1-3H3. The van der Waals surface area contributed by atoms with Crippen molar-refractivity contribution in [2.45, 2.75) is 310 Å². The molecule has 0 aliphatic rings. The van der Waals surface area contributed by atoms with E-state index < -0.39 is 23.9 Å². The van der Waals surface area contributed by atoms with Gasteiger partial charge < -0.3 is 38.3 Å². The maximum absolute atomic E-state index is 13.9. The second kappa shape index (κ2) is 54.7. The minimum atomic E-state index is -0.725. The van der Waals surface area contributed by atoms with E-state index in [1.54, 1.807) is 4.90 Å². The van der Waals surface area contributed by atoms with E-state index in [0.29, 0.717) is 57.7 Å². The van der Waals surface area contributed by atoms with Gasteiger partial charge in [-0.1, -0.05) is 164 Å². The lowest BCUT2D eigenvalue weighted by atomic mass is 10.1. The Labute approximate surface area is 454 Å². The highest BCUT2D eigenvalue weighted by atomic mass is 16.6. The Balaban J connectivity index is 0. The molecule has 0 aliphatic heterocycles. The van der Waals surface area contributed by atoms with Crippen molar-refractivity contribution in [1.82, 2.24) is 9.80 Å². The molecule has 13 heteroatoms. The molecule has 4 unspecified atom stereocenters. The molecule has 74 heavy (non-hydrogen) atoms. The van der Waals surface area contributed by atoms with Gasteiger partial charge >= 0.3 is 23.9 Å². The molecule has 4 atom stereocenters. The number of hydrogen-bond donors (Lipinski definition) is 0. The zero-order chi connectivity index (χ0) is 55.3. The summed E-state index contributed by atoms with van der Waals surface area (Å²) in [7, 11) is 5.72. The third kappa shape index (κ3) is 47.4. The molecule has 0 radical (unpaired) electrons. The van der Waals surface area contributed by atoms with Gasteiger partial charge in [-0.2, -0.15) is 0 Å². The van der Waals surface area contributed by atoms with E-state index in [0.717, 1.165) is 109 Å².